The molecule has 4 aromatic carbocycles. The first-order valence-electron chi connectivity index (χ1n) is 16.5. The van der Waals surface area contributed by atoms with Gasteiger partial charge in [-0.2, -0.15) is 0 Å². The average Bonchev–Trinajstić information content (AvgIpc) is 3.70. The van der Waals surface area contributed by atoms with Crippen LogP contribution in [0.2, 0.25) is 0 Å². The van der Waals surface area contributed by atoms with Gasteiger partial charge in [-0.1, -0.05) is 42.5 Å². The molecule has 1 atom stereocenters. The molecule has 2 amide bonds. The largest absolute Gasteiger partial charge is 0.508 e. The molecule has 1 aromatic heterocycles. The Morgan fingerprint density at radius 2 is 1.49 bits per heavy atom. The molecule has 0 saturated heterocycles. The highest BCUT2D eigenvalue weighted by atomic mass is 16.7. The van der Waals surface area contributed by atoms with E-state index in [1.54, 1.807) is 35.2 Å². The number of fused-ring (bicyclic) bond motifs is 2. The summed E-state index contributed by atoms with van der Waals surface area (Å²) in [7, 11) is 4.02. The van der Waals surface area contributed by atoms with Gasteiger partial charge < -0.3 is 28.9 Å². The molecule has 2 aliphatic rings. The number of hydrogen-bond acceptors (Lipinski definition) is 6. The summed E-state index contributed by atoms with van der Waals surface area (Å²) in [5, 5.41) is 10.0. The Kier molecular flexibility index (Phi) is 8.60. The Morgan fingerprint density at radius 3 is 2.20 bits per heavy atom. The first-order chi connectivity index (χ1) is 23.7. The van der Waals surface area contributed by atoms with Crippen molar-refractivity contribution in [2.75, 3.05) is 32.3 Å². The smallest absolute Gasteiger partial charge is 0.264 e. The van der Waals surface area contributed by atoms with Gasteiger partial charge in [-0.3, -0.25) is 14.5 Å². The zero-order chi connectivity index (χ0) is 34.2. The first-order valence-corrected chi connectivity index (χ1v) is 16.5. The van der Waals surface area contributed by atoms with Crippen LogP contribution in [-0.2, 0) is 19.5 Å². The summed E-state index contributed by atoms with van der Waals surface area (Å²) < 4.78 is 13.7. The number of likely N-dealkylation sites (N-methyl/N-ethyl adjacent to an activating group) is 1. The van der Waals surface area contributed by atoms with Crippen LogP contribution in [0.3, 0.4) is 0 Å². The zero-order valence-corrected chi connectivity index (χ0v) is 28.2. The van der Waals surface area contributed by atoms with Crippen molar-refractivity contribution in [3.63, 3.8) is 0 Å². The minimum Gasteiger partial charge on any atom is -0.508 e. The van der Waals surface area contributed by atoms with Crippen molar-refractivity contribution in [1.29, 1.82) is 0 Å². The standard InChI is InChI=1S/C40H40N4O5/c1-26-20-28-10-8-9-11-29(28)24-43(26)39(46)35-23-38-37(48-25-49-38)22-34(35)36-21-33(27(2)42(36)19-18-41(3)4)40(47)44(30-12-6-5-7-13-30)31-14-16-32(45)17-15-31/h5-17,21-23,26,45H,18-20,24-25H2,1-4H3/t26-/m1/s1. The number of para-hydroxylation sites is 1. The molecule has 5 aromatic rings. The van der Waals surface area contributed by atoms with E-state index >= 15 is 0 Å². The number of aromatic hydroxyl groups is 1. The molecule has 0 radical (unpaired) electrons. The SMILES string of the molecule is Cc1c(C(=O)N(c2ccccc2)c2ccc(O)cc2)cc(-c2cc3c(cc2C(=O)N2Cc4ccccc4C[C@H]2C)OCO3)n1CCN(C)C. The molecule has 0 fully saturated rings. The lowest BCUT2D eigenvalue weighted by Crippen LogP contribution is -2.42. The third-order valence-electron chi connectivity index (χ3n) is 9.48. The highest BCUT2D eigenvalue weighted by Gasteiger charge is 2.33. The lowest BCUT2D eigenvalue weighted by atomic mass is 9.93. The van der Waals surface area contributed by atoms with Crippen LogP contribution in [-0.4, -0.2) is 64.8 Å². The number of phenols is 1. The topological polar surface area (TPSA) is 87.5 Å². The molecule has 0 unspecified atom stereocenters. The third-order valence-corrected chi connectivity index (χ3v) is 9.48. The number of ether oxygens (including phenoxy) is 2. The minimum absolute atomic E-state index is 0.00943. The van der Waals surface area contributed by atoms with Gasteiger partial charge in [-0.15, -0.1) is 0 Å². The molecule has 0 aliphatic carbocycles. The Labute approximate surface area is 286 Å². The maximum Gasteiger partial charge on any atom is 0.264 e. The third kappa shape index (κ3) is 6.13. The quantitative estimate of drug-likeness (QED) is 0.193. The molecule has 0 bridgehead atoms. The molecule has 7 rings (SSSR count). The zero-order valence-electron chi connectivity index (χ0n) is 28.2. The van der Waals surface area contributed by atoms with E-state index in [9.17, 15) is 14.7 Å². The van der Waals surface area contributed by atoms with E-state index in [-0.39, 0.29) is 30.4 Å². The van der Waals surface area contributed by atoms with Crippen LogP contribution in [0, 0.1) is 6.92 Å². The number of carbonyl (C=O) groups excluding carboxylic acids is 2. The fraction of sp³-hybridized carbons (Fsp3) is 0.250. The summed E-state index contributed by atoms with van der Waals surface area (Å²) in [5.41, 5.74) is 6.91. The van der Waals surface area contributed by atoms with E-state index in [2.05, 4.69) is 28.5 Å². The summed E-state index contributed by atoms with van der Waals surface area (Å²) in [6, 6.07) is 29.9. The Morgan fingerprint density at radius 1 is 0.837 bits per heavy atom. The molecule has 0 saturated carbocycles. The van der Waals surface area contributed by atoms with E-state index in [1.807, 2.05) is 80.5 Å². The van der Waals surface area contributed by atoms with Crippen LogP contribution in [0.15, 0.2) is 97.1 Å². The molecule has 250 valence electrons. The van der Waals surface area contributed by atoms with Gasteiger partial charge >= 0.3 is 0 Å². The van der Waals surface area contributed by atoms with Gasteiger partial charge in [0.05, 0.1) is 16.8 Å². The molecular weight excluding hydrogens is 616 g/mol. The van der Waals surface area contributed by atoms with Crippen LogP contribution >= 0.6 is 0 Å². The van der Waals surface area contributed by atoms with Crippen molar-refractivity contribution in [3.05, 3.63) is 125 Å². The van der Waals surface area contributed by atoms with Crippen LogP contribution in [0.4, 0.5) is 11.4 Å². The fourth-order valence-corrected chi connectivity index (χ4v) is 6.79. The van der Waals surface area contributed by atoms with Crippen molar-refractivity contribution in [1.82, 2.24) is 14.4 Å². The molecule has 2 aliphatic heterocycles. The van der Waals surface area contributed by atoms with E-state index < -0.39 is 0 Å². The fourth-order valence-electron chi connectivity index (χ4n) is 6.79. The van der Waals surface area contributed by atoms with Gasteiger partial charge in [0.25, 0.3) is 11.8 Å². The second-order valence-corrected chi connectivity index (χ2v) is 13.0. The number of anilines is 2. The molecule has 9 heteroatoms. The predicted molar refractivity (Wildman–Crippen MR) is 190 cm³/mol. The van der Waals surface area contributed by atoms with Gasteiger partial charge in [-0.05, 0) is 100 Å². The Hall–Kier alpha value is -5.54. The lowest BCUT2D eigenvalue weighted by molar-refractivity contribution is 0.0658. The monoisotopic (exact) mass is 656 g/mol. The van der Waals surface area contributed by atoms with Gasteiger partial charge in [0.15, 0.2) is 11.5 Å². The number of benzene rings is 4. The number of phenolic OH excluding ortho intramolecular Hbond substituents is 1. The van der Waals surface area contributed by atoms with Crippen molar-refractivity contribution in [3.8, 4) is 28.5 Å². The number of rotatable bonds is 8. The summed E-state index contributed by atoms with van der Waals surface area (Å²) in [6.45, 7) is 5.91. The number of nitrogens with zero attached hydrogens (tertiary/aromatic N) is 4. The highest BCUT2D eigenvalue weighted by Crippen LogP contribution is 2.42. The second kappa shape index (κ2) is 13.2. The van der Waals surface area contributed by atoms with E-state index in [0.29, 0.717) is 59.2 Å². The van der Waals surface area contributed by atoms with E-state index in [4.69, 9.17) is 9.47 Å². The van der Waals surface area contributed by atoms with Crippen molar-refractivity contribution < 1.29 is 24.2 Å². The van der Waals surface area contributed by atoms with Crippen molar-refractivity contribution in [2.24, 2.45) is 0 Å². The number of amides is 2. The molecule has 0 spiro atoms. The first kappa shape index (κ1) is 32.0. The van der Waals surface area contributed by atoms with Crippen LogP contribution in [0.5, 0.6) is 17.2 Å². The van der Waals surface area contributed by atoms with Gasteiger partial charge in [0.1, 0.15) is 5.75 Å². The van der Waals surface area contributed by atoms with E-state index in [1.165, 1.54) is 5.56 Å². The molecule has 9 nitrogen and oxygen atoms in total. The van der Waals surface area contributed by atoms with Gasteiger partial charge in [0.2, 0.25) is 6.79 Å². The normalized spacial score (nSPS) is 15.0. The maximum atomic E-state index is 14.7. The summed E-state index contributed by atoms with van der Waals surface area (Å²) in [4.78, 5) is 35.0. The molecule has 1 N–H and O–H groups in total. The van der Waals surface area contributed by atoms with Crippen molar-refractivity contribution in [2.45, 2.75) is 39.4 Å². The van der Waals surface area contributed by atoms with E-state index in [0.717, 1.165) is 23.4 Å². The summed E-state index contributed by atoms with van der Waals surface area (Å²) >= 11 is 0. The van der Waals surface area contributed by atoms with Crippen LogP contribution < -0.4 is 14.4 Å². The number of hydrogen-bond donors (Lipinski definition) is 1. The minimum atomic E-state index is -0.228. The van der Waals surface area contributed by atoms with Gasteiger partial charge in [0, 0.05) is 48.3 Å². The molecule has 3 heterocycles. The average molecular weight is 657 g/mol. The number of carbonyl (C=O) groups is 2. The lowest BCUT2D eigenvalue weighted by Gasteiger charge is -2.35. The summed E-state index contributed by atoms with van der Waals surface area (Å²) in [5.74, 6) is 0.873. The number of aromatic nitrogens is 1. The van der Waals surface area contributed by atoms with Gasteiger partial charge in [-0.25, -0.2) is 0 Å². The highest BCUT2D eigenvalue weighted by molar-refractivity contribution is 6.12. The second-order valence-electron chi connectivity index (χ2n) is 13.0. The maximum absolute atomic E-state index is 14.7. The van der Waals surface area contributed by atoms with Crippen LogP contribution in [0.25, 0.3) is 11.3 Å². The Bertz CT molecular complexity index is 2020. The summed E-state index contributed by atoms with van der Waals surface area (Å²) in [6.07, 6.45) is 0.769. The molecule has 49 heavy (non-hydrogen) atoms. The van der Waals surface area contributed by atoms with Crippen LogP contribution in [0.1, 0.15) is 44.5 Å². The molecular formula is C40H40N4O5. The Balaban J connectivity index is 1.37. The van der Waals surface area contributed by atoms with Crippen molar-refractivity contribution >= 4 is 23.2 Å². The predicted octanol–water partition coefficient (Wildman–Crippen LogP) is 7.02.